The van der Waals surface area contributed by atoms with Crippen LogP contribution in [0.4, 0.5) is 0 Å². The van der Waals surface area contributed by atoms with Gasteiger partial charge in [-0.3, -0.25) is 4.98 Å². The Morgan fingerprint density at radius 1 is 0.857 bits per heavy atom. The van der Waals surface area contributed by atoms with Crippen molar-refractivity contribution in [1.29, 1.82) is 0 Å². The predicted molar refractivity (Wildman–Crippen MR) is 53.5 cm³/mol. The summed E-state index contributed by atoms with van der Waals surface area (Å²) in [7, 11) is 0. The molecule has 0 radical (unpaired) electrons. The fraction of sp³-hybridized carbons (Fsp3) is 0.200. The van der Waals surface area contributed by atoms with Gasteiger partial charge in [-0.1, -0.05) is 0 Å². The van der Waals surface area contributed by atoms with Crippen LogP contribution in [0.3, 0.4) is 0 Å². The molecule has 0 N–H and O–H groups in total. The lowest BCUT2D eigenvalue weighted by Gasteiger charge is -1.82. The Morgan fingerprint density at radius 3 is 1.71 bits per heavy atom. The highest BCUT2D eigenvalue weighted by Gasteiger charge is 1.75. The average molecular weight is 188 g/mol. The minimum absolute atomic E-state index is 0.759. The number of pyridine rings is 1. The molecular weight excluding hydrogens is 176 g/mol. The van der Waals surface area contributed by atoms with Gasteiger partial charge in [0, 0.05) is 12.4 Å². The molecule has 0 aliphatic heterocycles. The smallest absolute Gasteiger partial charge is 0.128 e. The van der Waals surface area contributed by atoms with E-state index in [1.165, 1.54) is 18.2 Å². The molecule has 0 saturated carbocycles. The summed E-state index contributed by atoms with van der Waals surface area (Å²) in [6, 6.07) is 3.94. The van der Waals surface area contributed by atoms with Crippen molar-refractivity contribution in [3.63, 3.8) is 0 Å². The first kappa shape index (κ1) is 10.2. The van der Waals surface area contributed by atoms with Crippen molar-refractivity contribution in [2.24, 2.45) is 0 Å². The molecule has 0 atom stereocenters. The topological polar surface area (TPSA) is 51.6 Å². The zero-order chi connectivity index (χ0) is 10.2. The van der Waals surface area contributed by atoms with E-state index < -0.39 is 0 Å². The van der Waals surface area contributed by atoms with E-state index in [4.69, 9.17) is 0 Å². The Kier molecular flexibility index (Phi) is 4.20. The third-order valence-corrected chi connectivity index (χ3v) is 1.47. The predicted octanol–water partition coefficient (Wildman–Crippen LogP) is 1.57. The Balaban J connectivity index is 0.000000140. The number of hydrogen-bond acceptors (Lipinski definition) is 4. The van der Waals surface area contributed by atoms with Gasteiger partial charge in [0.1, 0.15) is 18.5 Å². The molecule has 0 aliphatic rings. The zero-order valence-corrected chi connectivity index (χ0v) is 8.25. The van der Waals surface area contributed by atoms with Crippen LogP contribution in [0.2, 0.25) is 0 Å². The van der Waals surface area contributed by atoms with Crippen molar-refractivity contribution in [3.05, 3.63) is 48.6 Å². The lowest BCUT2D eigenvalue weighted by Crippen LogP contribution is -1.84. The van der Waals surface area contributed by atoms with Crippen LogP contribution in [0, 0.1) is 13.8 Å². The molecule has 0 amide bonds. The van der Waals surface area contributed by atoms with Gasteiger partial charge in [-0.2, -0.15) is 0 Å². The fourth-order valence-electron chi connectivity index (χ4n) is 0.723. The molecule has 0 spiro atoms. The van der Waals surface area contributed by atoms with E-state index in [9.17, 15) is 0 Å². The second kappa shape index (κ2) is 5.75. The van der Waals surface area contributed by atoms with Crippen LogP contribution in [-0.2, 0) is 0 Å². The fourth-order valence-corrected chi connectivity index (χ4v) is 0.723. The molecule has 4 heteroatoms. The van der Waals surface area contributed by atoms with Gasteiger partial charge < -0.3 is 0 Å². The van der Waals surface area contributed by atoms with E-state index in [1.807, 2.05) is 26.0 Å². The third kappa shape index (κ3) is 4.25. The van der Waals surface area contributed by atoms with Crippen molar-refractivity contribution in [2.75, 3.05) is 0 Å². The lowest BCUT2D eigenvalue weighted by atomic mass is 10.3. The van der Waals surface area contributed by atoms with Crippen molar-refractivity contribution in [2.45, 2.75) is 13.8 Å². The molecule has 4 nitrogen and oxygen atoms in total. The maximum atomic E-state index is 3.85. The van der Waals surface area contributed by atoms with Crippen LogP contribution < -0.4 is 0 Å². The van der Waals surface area contributed by atoms with E-state index >= 15 is 0 Å². The molecule has 14 heavy (non-hydrogen) atoms. The normalized spacial score (nSPS) is 8.71. The maximum absolute atomic E-state index is 3.85. The summed E-state index contributed by atoms with van der Waals surface area (Å²) in [6.07, 6.45) is 6.52. The first-order chi connectivity index (χ1) is 6.79. The van der Waals surface area contributed by atoms with Gasteiger partial charge >= 0.3 is 0 Å². The van der Waals surface area contributed by atoms with Crippen LogP contribution in [0.15, 0.2) is 37.2 Å². The Hall–Kier alpha value is -1.84. The van der Waals surface area contributed by atoms with Gasteiger partial charge in [0.25, 0.3) is 0 Å². The largest absolute Gasteiger partial charge is 0.265 e. The molecule has 2 aromatic rings. The van der Waals surface area contributed by atoms with Gasteiger partial charge in [0.15, 0.2) is 0 Å². The third-order valence-electron chi connectivity index (χ3n) is 1.47. The molecule has 0 fully saturated rings. The summed E-state index contributed by atoms with van der Waals surface area (Å²) >= 11 is 0. The van der Waals surface area contributed by atoms with Gasteiger partial charge in [0.2, 0.25) is 0 Å². The second-order valence-corrected chi connectivity index (χ2v) is 2.71. The number of rotatable bonds is 0. The van der Waals surface area contributed by atoms with E-state index in [2.05, 4.69) is 19.9 Å². The van der Waals surface area contributed by atoms with Gasteiger partial charge in [-0.15, -0.1) is 0 Å². The van der Waals surface area contributed by atoms with Crippen LogP contribution >= 0.6 is 0 Å². The molecule has 0 aromatic carbocycles. The monoisotopic (exact) mass is 188 g/mol. The average Bonchev–Trinajstić information content (AvgIpc) is 2.21. The molecule has 72 valence electrons. The van der Waals surface area contributed by atoms with Crippen molar-refractivity contribution < 1.29 is 0 Å². The lowest BCUT2D eigenvalue weighted by molar-refractivity contribution is 0.974. The van der Waals surface area contributed by atoms with Crippen molar-refractivity contribution >= 4 is 0 Å². The quantitative estimate of drug-likeness (QED) is 0.629. The first-order valence-corrected chi connectivity index (χ1v) is 4.24. The molecule has 2 rings (SSSR count). The molecule has 2 aromatic heterocycles. The highest BCUT2D eigenvalue weighted by atomic mass is 15.0. The van der Waals surface area contributed by atoms with Gasteiger partial charge in [0.05, 0.1) is 0 Å². The van der Waals surface area contributed by atoms with E-state index in [1.54, 1.807) is 12.4 Å². The SMILES string of the molecule is Cc1ccncc1.Cc1ncncn1. The maximum Gasteiger partial charge on any atom is 0.128 e. The summed E-state index contributed by atoms with van der Waals surface area (Å²) in [5, 5.41) is 0. The molecule has 0 aliphatic carbocycles. The van der Waals surface area contributed by atoms with Gasteiger partial charge in [-0.05, 0) is 31.5 Å². The van der Waals surface area contributed by atoms with Gasteiger partial charge in [-0.25, -0.2) is 15.0 Å². The highest BCUT2D eigenvalue weighted by Crippen LogP contribution is 1.88. The zero-order valence-electron chi connectivity index (χ0n) is 8.25. The summed E-state index contributed by atoms with van der Waals surface area (Å²) in [5.41, 5.74) is 1.26. The highest BCUT2D eigenvalue weighted by molar-refractivity contribution is 5.05. The molecular formula is C10H12N4. The van der Waals surface area contributed by atoms with Crippen LogP contribution in [0.1, 0.15) is 11.4 Å². The molecule has 2 heterocycles. The summed E-state index contributed by atoms with van der Waals surface area (Å²) < 4.78 is 0. The summed E-state index contributed by atoms with van der Waals surface area (Å²) in [5.74, 6) is 0.759. The molecule has 0 saturated heterocycles. The number of aryl methyl sites for hydroxylation is 2. The van der Waals surface area contributed by atoms with Crippen LogP contribution in [0.25, 0.3) is 0 Å². The van der Waals surface area contributed by atoms with E-state index in [-0.39, 0.29) is 0 Å². The van der Waals surface area contributed by atoms with E-state index in [0.29, 0.717) is 0 Å². The van der Waals surface area contributed by atoms with Crippen LogP contribution in [0.5, 0.6) is 0 Å². The minimum atomic E-state index is 0.759. The molecule has 0 unspecified atom stereocenters. The first-order valence-electron chi connectivity index (χ1n) is 4.24. The Bertz CT molecular complexity index is 310. The van der Waals surface area contributed by atoms with Crippen LogP contribution in [-0.4, -0.2) is 19.9 Å². The summed E-state index contributed by atoms with van der Waals surface area (Å²) in [6.45, 7) is 3.86. The van der Waals surface area contributed by atoms with Crippen molar-refractivity contribution in [3.8, 4) is 0 Å². The number of aromatic nitrogens is 4. The minimum Gasteiger partial charge on any atom is -0.265 e. The number of hydrogen-bond donors (Lipinski definition) is 0. The number of nitrogens with zero attached hydrogens (tertiary/aromatic N) is 4. The Morgan fingerprint density at radius 2 is 1.43 bits per heavy atom. The standard InChI is InChI=1S/C6H7N.C4H5N3/c1-6-2-4-7-5-3-6;1-4-6-2-5-3-7-4/h2-5H,1H3;2-3H,1H3. The van der Waals surface area contributed by atoms with E-state index in [0.717, 1.165) is 5.82 Å². The second-order valence-electron chi connectivity index (χ2n) is 2.71. The van der Waals surface area contributed by atoms with Crippen molar-refractivity contribution in [1.82, 2.24) is 19.9 Å². The summed E-state index contributed by atoms with van der Waals surface area (Å²) in [4.78, 5) is 15.0. The molecule has 0 bridgehead atoms. The Labute approximate surface area is 83.1 Å².